The normalized spacial score (nSPS) is 15.3. The van der Waals surface area contributed by atoms with Gasteiger partial charge in [-0.2, -0.15) is 5.10 Å². The molecule has 0 fully saturated rings. The zero-order chi connectivity index (χ0) is 17.9. The zero-order valence-corrected chi connectivity index (χ0v) is 14.4. The third-order valence-electron chi connectivity index (χ3n) is 3.48. The minimum Gasteiger partial charge on any atom is -0.445 e. The second-order valence-electron chi connectivity index (χ2n) is 6.88. The van der Waals surface area contributed by atoms with Crippen molar-refractivity contribution >= 4 is 12.0 Å². The molecule has 0 saturated carbocycles. The summed E-state index contributed by atoms with van der Waals surface area (Å²) in [4.78, 5) is 25.3. The smallest absolute Gasteiger partial charge is 0.407 e. The van der Waals surface area contributed by atoms with Gasteiger partial charge in [-0.25, -0.2) is 9.18 Å². The molecule has 2 rings (SSSR count). The van der Waals surface area contributed by atoms with Gasteiger partial charge in [-0.1, -0.05) is 0 Å². The van der Waals surface area contributed by atoms with E-state index in [1.54, 1.807) is 18.1 Å². The van der Waals surface area contributed by atoms with Crippen LogP contribution in [0.5, 0.6) is 0 Å². The maximum atomic E-state index is 13.1. The number of rotatable bonds is 4. The largest absolute Gasteiger partial charge is 0.445 e. The van der Waals surface area contributed by atoms with Crippen LogP contribution in [-0.4, -0.2) is 52.4 Å². The van der Waals surface area contributed by atoms with Crippen molar-refractivity contribution in [3.8, 4) is 0 Å². The lowest BCUT2D eigenvalue weighted by Gasteiger charge is -2.20. The molecule has 7 nitrogen and oxygen atoms in total. The first-order valence-electron chi connectivity index (χ1n) is 7.74. The van der Waals surface area contributed by atoms with Crippen molar-refractivity contribution in [1.82, 2.24) is 20.0 Å². The van der Waals surface area contributed by atoms with Crippen LogP contribution >= 0.6 is 0 Å². The predicted molar refractivity (Wildman–Crippen MR) is 86.3 cm³/mol. The molecule has 0 spiro atoms. The van der Waals surface area contributed by atoms with E-state index in [1.807, 2.05) is 20.8 Å². The Morgan fingerprint density at radius 1 is 1.50 bits per heavy atom. The molecule has 0 aliphatic carbocycles. The molecule has 24 heavy (non-hydrogen) atoms. The lowest BCUT2D eigenvalue weighted by molar-refractivity contribution is 0.0780. The summed E-state index contributed by atoms with van der Waals surface area (Å²) in [5, 5.41) is 6.94. The van der Waals surface area contributed by atoms with Crippen LogP contribution in [-0.2, 0) is 17.7 Å². The van der Waals surface area contributed by atoms with Crippen molar-refractivity contribution in [1.29, 1.82) is 0 Å². The highest BCUT2D eigenvalue weighted by Crippen LogP contribution is 2.17. The quantitative estimate of drug-likeness (QED) is 0.909. The van der Waals surface area contributed by atoms with Crippen LogP contribution in [0.2, 0.25) is 0 Å². The van der Waals surface area contributed by atoms with E-state index in [-0.39, 0.29) is 24.6 Å². The van der Waals surface area contributed by atoms with Crippen LogP contribution in [0.1, 0.15) is 36.8 Å². The lowest BCUT2D eigenvalue weighted by Crippen LogP contribution is -2.41. The molecule has 1 aromatic heterocycles. The van der Waals surface area contributed by atoms with E-state index in [0.29, 0.717) is 30.6 Å². The third-order valence-corrected chi connectivity index (χ3v) is 3.48. The molecule has 2 amide bonds. The van der Waals surface area contributed by atoms with Crippen LogP contribution in [0.4, 0.5) is 9.18 Å². The summed E-state index contributed by atoms with van der Waals surface area (Å²) in [5.74, 6) is -0.0888. The van der Waals surface area contributed by atoms with Crippen LogP contribution in [0, 0.1) is 0 Å². The first kappa shape index (κ1) is 18.0. The van der Waals surface area contributed by atoms with E-state index in [0.717, 1.165) is 0 Å². The molecule has 1 N–H and O–H groups in total. The molecule has 0 unspecified atom stereocenters. The van der Waals surface area contributed by atoms with E-state index in [1.165, 1.54) is 4.68 Å². The molecule has 0 atom stereocenters. The number of fused-ring (bicyclic) bond motifs is 1. The highest BCUT2D eigenvalue weighted by atomic mass is 19.1. The molecule has 1 aliphatic rings. The average Bonchev–Trinajstić information content (AvgIpc) is 2.89. The minimum absolute atomic E-state index is 0.0888. The Kier molecular flexibility index (Phi) is 5.26. The van der Waals surface area contributed by atoms with Gasteiger partial charge in [0, 0.05) is 37.3 Å². The lowest BCUT2D eigenvalue weighted by atomic mass is 10.1. The van der Waals surface area contributed by atoms with Crippen molar-refractivity contribution < 1.29 is 18.7 Å². The fourth-order valence-electron chi connectivity index (χ4n) is 2.31. The van der Waals surface area contributed by atoms with Gasteiger partial charge >= 0.3 is 6.09 Å². The topological polar surface area (TPSA) is 76.5 Å². The Labute approximate surface area is 140 Å². The summed E-state index contributed by atoms with van der Waals surface area (Å²) in [6.07, 6.45) is 2.06. The molecule has 1 aromatic rings. The van der Waals surface area contributed by atoms with E-state index < -0.39 is 11.6 Å². The molecule has 0 radical (unpaired) electrons. The molecule has 0 aromatic carbocycles. The molecular formula is C16H23FN4O3. The summed E-state index contributed by atoms with van der Waals surface area (Å²) in [5.41, 5.74) is 1.07. The van der Waals surface area contributed by atoms with Gasteiger partial charge in [-0.3, -0.25) is 9.48 Å². The van der Waals surface area contributed by atoms with E-state index in [9.17, 15) is 14.0 Å². The molecule has 0 bridgehead atoms. The van der Waals surface area contributed by atoms with Crippen LogP contribution in [0.25, 0.3) is 0 Å². The van der Waals surface area contributed by atoms with Gasteiger partial charge in [0.1, 0.15) is 6.61 Å². The van der Waals surface area contributed by atoms with Gasteiger partial charge in [-0.05, 0) is 20.8 Å². The van der Waals surface area contributed by atoms with Crippen LogP contribution < -0.4 is 5.32 Å². The number of ether oxygens (including phenoxy) is 1. The number of hydrogen-bond donors (Lipinski definition) is 1. The predicted octanol–water partition coefficient (Wildman–Crippen LogP) is 1.89. The number of alkyl carbamates (subject to hydrolysis) is 1. The molecule has 132 valence electrons. The second-order valence-corrected chi connectivity index (χ2v) is 6.88. The van der Waals surface area contributed by atoms with E-state index >= 15 is 0 Å². The third kappa shape index (κ3) is 4.56. The number of carbonyl (C=O) groups is 2. The number of nitrogens with one attached hydrogen (secondary N) is 1. The van der Waals surface area contributed by atoms with Crippen molar-refractivity contribution in [3.63, 3.8) is 0 Å². The summed E-state index contributed by atoms with van der Waals surface area (Å²) >= 11 is 0. The van der Waals surface area contributed by atoms with E-state index in [2.05, 4.69) is 10.4 Å². The van der Waals surface area contributed by atoms with E-state index in [4.69, 9.17) is 4.74 Å². The Morgan fingerprint density at radius 2 is 2.21 bits per heavy atom. The van der Waals surface area contributed by atoms with Gasteiger partial charge in [0.15, 0.2) is 0 Å². The Morgan fingerprint density at radius 3 is 2.83 bits per heavy atom. The molecule has 2 heterocycles. The highest BCUT2D eigenvalue weighted by Gasteiger charge is 2.25. The van der Waals surface area contributed by atoms with Gasteiger partial charge in [-0.15, -0.1) is 0 Å². The van der Waals surface area contributed by atoms with Crippen molar-refractivity contribution in [2.24, 2.45) is 0 Å². The van der Waals surface area contributed by atoms with Gasteiger partial charge in [0.25, 0.3) is 5.91 Å². The monoisotopic (exact) mass is 338 g/mol. The number of aromatic nitrogens is 2. The maximum absolute atomic E-state index is 13.1. The zero-order valence-electron chi connectivity index (χ0n) is 14.4. The summed E-state index contributed by atoms with van der Waals surface area (Å²) in [6, 6.07) is 0. The fourth-order valence-corrected chi connectivity index (χ4v) is 2.31. The number of hydrogen-bond acceptors (Lipinski definition) is 4. The molecule has 1 aliphatic heterocycles. The van der Waals surface area contributed by atoms with Crippen LogP contribution in [0.3, 0.4) is 0 Å². The summed E-state index contributed by atoms with van der Waals surface area (Å²) in [7, 11) is 1.73. The molecular weight excluding hydrogens is 315 g/mol. The van der Waals surface area contributed by atoms with Crippen molar-refractivity contribution in [3.05, 3.63) is 29.4 Å². The number of likely N-dealkylation sites (N-methyl/N-ethyl adjacent to an activating group) is 1. The highest BCUT2D eigenvalue weighted by molar-refractivity contribution is 5.95. The molecule has 8 heteroatoms. The summed E-state index contributed by atoms with van der Waals surface area (Å²) in [6.45, 7) is 6.01. The maximum Gasteiger partial charge on any atom is 0.407 e. The van der Waals surface area contributed by atoms with Gasteiger partial charge < -0.3 is 15.0 Å². The standard InChI is InChI=1S/C16H23FN4O3/c1-16(2,3)18-15(23)24-10-11(7-17)8-21-9-12-13(19-21)5-6-20(4)14(12)22/h7,9H,5-6,8,10H2,1-4H3,(H,18,23). The number of carbonyl (C=O) groups excluding carboxylic acids is 2. The minimum atomic E-state index is -0.613. The first-order chi connectivity index (χ1) is 11.2. The number of nitrogens with zero attached hydrogens (tertiary/aromatic N) is 3. The fraction of sp³-hybridized carbons (Fsp3) is 0.562. The average molecular weight is 338 g/mol. The van der Waals surface area contributed by atoms with Crippen molar-refractivity contribution in [2.75, 3.05) is 20.2 Å². The summed E-state index contributed by atoms with van der Waals surface area (Å²) < 4.78 is 19.6. The Bertz CT molecular complexity index is 661. The second kappa shape index (κ2) is 7.02. The van der Waals surface area contributed by atoms with Gasteiger partial charge in [0.05, 0.1) is 24.1 Å². The first-order valence-corrected chi connectivity index (χ1v) is 7.74. The number of amides is 2. The van der Waals surface area contributed by atoms with Crippen molar-refractivity contribution in [2.45, 2.75) is 39.3 Å². The van der Waals surface area contributed by atoms with Gasteiger partial charge in [0.2, 0.25) is 0 Å². The van der Waals surface area contributed by atoms with Crippen LogP contribution in [0.15, 0.2) is 18.1 Å². The molecule has 0 saturated heterocycles. The Balaban J connectivity index is 1.96. The number of halogens is 1. The Hall–Kier alpha value is -2.38. The SMILES string of the molecule is CN1CCc2nn(CC(=CF)COC(=O)NC(C)(C)C)cc2C1=O.